The molecule has 1 aromatic heterocycles. The summed E-state index contributed by atoms with van der Waals surface area (Å²) in [4.78, 5) is 22.6. The first-order valence-corrected chi connectivity index (χ1v) is 7.66. The minimum atomic E-state index is -0.161. The maximum Gasteiger partial charge on any atom is 0.278 e. The fourth-order valence-corrected chi connectivity index (χ4v) is 2.73. The van der Waals surface area contributed by atoms with E-state index in [0.29, 0.717) is 11.7 Å². The summed E-state index contributed by atoms with van der Waals surface area (Å²) in [5.74, 6) is 0.580. The zero-order valence-electron chi connectivity index (χ0n) is 12.7. The van der Waals surface area contributed by atoms with Crippen molar-refractivity contribution in [2.45, 2.75) is 31.7 Å². The van der Waals surface area contributed by atoms with Gasteiger partial charge >= 0.3 is 0 Å². The van der Waals surface area contributed by atoms with Crippen LogP contribution in [0.4, 0.5) is 11.5 Å². The Kier molecular flexibility index (Phi) is 4.32. The fraction of sp³-hybridized carbons (Fsp3) is 0.353. The van der Waals surface area contributed by atoms with E-state index in [1.165, 1.54) is 25.7 Å². The van der Waals surface area contributed by atoms with E-state index >= 15 is 0 Å². The van der Waals surface area contributed by atoms with Gasteiger partial charge in [-0.25, -0.2) is 9.97 Å². The predicted molar refractivity (Wildman–Crippen MR) is 87.1 cm³/mol. The number of carbonyl (C=O) groups excluding carboxylic acids is 1. The monoisotopic (exact) mass is 296 g/mol. The minimum Gasteiger partial charge on any atom is -0.366 e. The summed E-state index contributed by atoms with van der Waals surface area (Å²) < 4.78 is 0. The molecule has 0 spiro atoms. The number of aromatic nitrogens is 2. The van der Waals surface area contributed by atoms with Gasteiger partial charge in [0, 0.05) is 18.8 Å². The first-order chi connectivity index (χ1) is 10.7. The van der Waals surface area contributed by atoms with Crippen molar-refractivity contribution in [1.82, 2.24) is 9.97 Å². The van der Waals surface area contributed by atoms with Gasteiger partial charge in [0.1, 0.15) is 11.5 Å². The maximum atomic E-state index is 12.4. The number of hydrogen-bond donors (Lipinski definition) is 1. The van der Waals surface area contributed by atoms with Crippen molar-refractivity contribution in [3.63, 3.8) is 0 Å². The van der Waals surface area contributed by atoms with Gasteiger partial charge in [-0.05, 0) is 25.0 Å². The van der Waals surface area contributed by atoms with E-state index in [0.717, 1.165) is 11.5 Å². The van der Waals surface area contributed by atoms with E-state index in [2.05, 4.69) is 15.3 Å². The van der Waals surface area contributed by atoms with E-state index in [1.807, 2.05) is 30.3 Å². The van der Waals surface area contributed by atoms with Crippen molar-refractivity contribution in [2.75, 3.05) is 17.3 Å². The van der Waals surface area contributed by atoms with Crippen molar-refractivity contribution < 1.29 is 4.79 Å². The van der Waals surface area contributed by atoms with Crippen LogP contribution in [0, 0.1) is 0 Å². The fourth-order valence-electron chi connectivity index (χ4n) is 2.73. The lowest BCUT2D eigenvalue weighted by Crippen LogP contribution is -2.27. The summed E-state index contributed by atoms with van der Waals surface area (Å²) in [7, 11) is 1.74. The first kappa shape index (κ1) is 14.5. The second kappa shape index (κ2) is 6.56. The first-order valence-electron chi connectivity index (χ1n) is 7.66. The van der Waals surface area contributed by atoms with Crippen LogP contribution in [0.5, 0.6) is 0 Å². The number of nitrogens with zero attached hydrogens (tertiary/aromatic N) is 3. The van der Waals surface area contributed by atoms with Crippen molar-refractivity contribution in [3.05, 3.63) is 48.4 Å². The smallest absolute Gasteiger partial charge is 0.278 e. The molecule has 0 unspecified atom stereocenters. The lowest BCUT2D eigenvalue weighted by atomic mass is 10.2. The molecule has 1 aliphatic rings. The number of carbonyl (C=O) groups is 1. The van der Waals surface area contributed by atoms with Crippen LogP contribution in [0.15, 0.2) is 42.7 Å². The summed E-state index contributed by atoms with van der Waals surface area (Å²) in [5.41, 5.74) is 1.19. The van der Waals surface area contributed by atoms with Crippen LogP contribution < -0.4 is 10.2 Å². The zero-order chi connectivity index (χ0) is 15.4. The van der Waals surface area contributed by atoms with Gasteiger partial charge in [-0.1, -0.05) is 31.0 Å². The van der Waals surface area contributed by atoms with Crippen molar-refractivity contribution in [3.8, 4) is 0 Å². The molecule has 5 heteroatoms. The largest absolute Gasteiger partial charge is 0.366 e. The number of para-hydroxylation sites is 1. The summed E-state index contributed by atoms with van der Waals surface area (Å²) >= 11 is 0. The van der Waals surface area contributed by atoms with E-state index in [1.54, 1.807) is 24.3 Å². The minimum absolute atomic E-state index is 0.161. The van der Waals surface area contributed by atoms with Gasteiger partial charge in [-0.15, -0.1) is 0 Å². The Bertz CT molecular complexity index is 621. The number of benzene rings is 1. The molecule has 1 aliphatic carbocycles. The Balaban J connectivity index is 1.68. The molecule has 22 heavy (non-hydrogen) atoms. The molecule has 1 aromatic carbocycles. The van der Waals surface area contributed by atoms with Crippen molar-refractivity contribution in [2.24, 2.45) is 0 Å². The Hall–Kier alpha value is -2.43. The summed E-state index contributed by atoms with van der Waals surface area (Å²) in [5, 5.41) is 3.37. The van der Waals surface area contributed by atoms with E-state index in [4.69, 9.17) is 0 Å². The molecule has 2 aromatic rings. The normalized spacial score (nSPS) is 14.8. The average Bonchev–Trinajstić information content (AvgIpc) is 3.08. The number of rotatable bonds is 4. The molecule has 1 N–H and O–H groups in total. The highest BCUT2D eigenvalue weighted by Gasteiger charge is 2.17. The van der Waals surface area contributed by atoms with Crippen molar-refractivity contribution >= 4 is 17.4 Å². The molecule has 1 amide bonds. The lowest BCUT2D eigenvalue weighted by Gasteiger charge is -2.17. The number of nitrogens with one attached hydrogen (secondary N) is 1. The zero-order valence-corrected chi connectivity index (χ0v) is 12.7. The number of amides is 1. The molecule has 0 radical (unpaired) electrons. The maximum absolute atomic E-state index is 12.4. The molecule has 1 saturated carbocycles. The van der Waals surface area contributed by atoms with Crippen molar-refractivity contribution in [1.29, 1.82) is 0 Å². The van der Waals surface area contributed by atoms with Gasteiger partial charge in [-0.2, -0.15) is 0 Å². The molecule has 5 nitrogen and oxygen atoms in total. The Morgan fingerprint density at radius 1 is 1.14 bits per heavy atom. The molecule has 3 rings (SSSR count). The highest BCUT2D eigenvalue weighted by atomic mass is 16.2. The van der Waals surface area contributed by atoms with Crippen LogP contribution in [-0.4, -0.2) is 29.0 Å². The third-order valence-electron chi connectivity index (χ3n) is 4.03. The molecule has 114 valence electrons. The molecule has 0 aliphatic heterocycles. The molecular formula is C17H20N4O. The second-order valence-electron chi connectivity index (χ2n) is 5.61. The van der Waals surface area contributed by atoms with E-state index in [-0.39, 0.29) is 5.91 Å². The van der Waals surface area contributed by atoms with Gasteiger partial charge < -0.3 is 10.2 Å². The lowest BCUT2D eigenvalue weighted by molar-refractivity contribution is 0.0988. The van der Waals surface area contributed by atoms with Gasteiger partial charge in [0.25, 0.3) is 5.91 Å². The van der Waals surface area contributed by atoms with E-state index in [9.17, 15) is 4.79 Å². The standard InChI is InChI=1S/C17H20N4O/c1-21(14-9-3-2-4-10-14)17(22)15-11-19-16(12-18-15)20-13-7-5-6-8-13/h2-4,9-13H,5-8H2,1H3,(H,19,20). The Labute approximate surface area is 130 Å². The molecule has 0 atom stereocenters. The van der Waals surface area contributed by atoms with Crippen LogP contribution in [0.2, 0.25) is 0 Å². The average molecular weight is 296 g/mol. The van der Waals surface area contributed by atoms with Gasteiger partial charge in [0.15, 0.2) is 0 Å². The Morgan fingerprint density at radius 3 is 2.50 bits per heavy atom. The van der Waals surface area contributed by atoms with Crippen LogP contribution >= 0.6 is 0 Å². The number of anilines is 2. The van der Waals surface area contributed by atoms with Gasteiger partial charge in [0.05, 0.1) is 12.4 Å². The molecule has 1 heterocycles. The number of hydrogen-bond acceptors (Lipinski definition) is 4. The van der Waals surface area contributed by atoms with Gasteiger partial charge in [-0.3, -0.25) is 4.79 Å². The second-order valence-corrected chi connectivity index (χ2v) is 5.61. The highest BCUT2D eigenvalue weighted by molar-refractivity contribution is 6.04. The SMILES string of the molecule is CN(C(=O)c1cnc(NC2CCCC2)cn1)c1ccccc1. The topological polar surface area (TPSA) is 58.1 Å². The summed E-state index contributed by atoms with van der Waals surface area (Å²) in [6, 6.07) is 10.00. The van der Waals surface area contributed by atoms with Crippen LogP contribution in [0.1, 0.15) is 36.2 Å². The van der Waals surface area contributed by atoms with E-state index < -0.39 is 0 Å². The van der Waals surface area contributed by atoms with Crippen LogP contribution in [-0.2, 0) is 0 Å². The summed E-state index contributed by atoms with van der Waals surface area (Å²) in [6.07, 6.45) is 8.08. The van der Waals surface area contributed by atoms with Crippen LogP contribution in [0.3, 0.4) is 0 Å². The van der Waals surface area contributed by atoms with Gasteiger partial charge in [0.2, 0.25) is 0 Å². The van der Waals surface area contributed by atoms with Crippen LogP contribution in [0.25, 0.3) is 0 Å². The third kappa shape index (κ3) is 3.24. The summed E-state index contributed by atoms with van der Waals surface area (Å²) in [6.45, 7) is 0. The Morgan fingerprint density at radius 2 is 1.86 bits per heavy atom. The molecule has 1 fully saturated rings. The molecule has 0 saturated heterocycles. The molecular weight excluding hydrogens is 276 g/mol. The predicted octanol–water partition coefficient (Wildman–Crippen LogP) is 3.11. The quantitative estimate of drug-likeness (QED) is 0.942. The molecule has 0 bridgehead atoms. The highest BCUT2D eigenvalue weighted by Crippen LogP contribution is 2.21. The third-order valence-corrected chi connectivity index (χ3v) is 4.03.